The van der Waals surface area contributed by atoms with Crippen LogP contribution in [0.1, 0.15) is 11.1 Å². The van der Waals surface area contributed by atoms with Gasteiger partial charge in [0.25, 0.3) is 0 Å². The van der Waals surface area contributed by atoms with E-state index in [1.54, 1.807) is 18.2 Å². The summed E-state index contributed by atoms with van der Waals surface area (Å²) in [6.45, 7) is 1.57. The topological polar surface area (TPSA) is 63.6 Å². The van der Waals surface area contributed by atoms with Crippen molar-refractivity contribution in [3.05, 3.63) is 41.0 Å². The summed E-state index contributed by atoms with van der Waals surface area (Å²) in [5.41, 5.74) is 1.12. The molecule has 1 aromatic carbocycles. The van der Waals surface area contributed by atoms with E-state index in [4.69, 9.17) is 0 Å². The fraction of sp³-hybridized carbons (Fsp3) is 0.167. The molecule has 4 heteroatoms. The van der Waals surface area contributed by atoms with Crippen molar-refractivity contribution in [3.63, 3.8) is 0 Å². The van der Waals surface area contributed by atoms with E-state index in [-0.39, 0.29) is 17.9 Å². The fourth-order valence-corrected chi connectivity index (χ4v) is 1.55. The standard InChI is InChI=1S/C12H10O4/c1-7-3-2-4-8(5-7)11(14)10-9(13)6-16-12(10)15/h2-5,14H,6H2,1H3. The number of benzene rings is 1. The summed E-state index contributed by atoms with van der Waals surface area (Å²) in [4.78, 5) is 22.5. The highest BCUT2D eigenvalue weighted by atomic mass is 16.5. The Morgan fingerprint density at radius 1 is 1.38 bits per heavy atom. The van der Waals surface area contributed by atoms with Gasteiger partial charge < -0.3 is 9.84 Å². The van der Waals surface area contributed by atoms with Crippen LogP contribution in [0.3, 0.4) is 0 Å². The molecular weight excluding hydrogens is 208 g/mol. The number of Topliss-reactive ketones (excluding diaryl/α,β-unsaturated/α-hetero) is 1. The molecule has 1 aliphatic heterocycles. The summed E-state index contributed by atoms with van der Waals surface area (Å²) in [6, 6.07) is 6.93. The molecule has 4 nitrogen and oxygen atoms in total. The summed E-state index contributed by atoms with van der Waals surface area (Å²) < 4.78 is 4.54. The van der Waals surface area contributed by atoms with Crippen LogP contribution in [0.2, 0.25) is 0 Å². The van der Waals surface area contributed by atoms with Crippen molar-refractivity contribution in [1.29, 1.82) is 0 Å². The van der Waals surface area contributed by atoms with Crippen LogP contribution in [-0.4, -0.2) is 23.5 Å². The SMILES string of the molecule is Cc1cccc(C(O)=C2C(=O)COC2=O)c1. The van der Waals surface area contributed by atoms with E-state index >= 15 is 0 Å². The Labute approximate surface area is 92.2 Å². The van der Waals surface area contributed by atoms with E-state index < -0.39 is 11.8 Å². The first-order chi connectivity index (χ1) is 7.59. The van der Waals surface area contributed by atoms with E-state index in [2.05, 4.69) is 4.74 Å². The van der Waals surface area contributed by atoms with Crippen LogP contribution in [0.15, 0.2) is 29.8 Å². The van der Waals surface area contributed by atoms with Gasteiger partial charge in [0.15, 0.2) is 6.61 Å². The largest absolute Gasteiger partial charge is 0.506 e. The van der Waals surface area contributed by atoms with Crippen molar-refractivity contribution in [3.8, 4) is 0 Å². The number of carbonyl (C=O) groups excluding carboxylic acids is 2. The zero-order valence-electron chi connectivity index (χ0n) is 8.69. The first-order valence-corrected chi connectivity index (χ1v) is 4.80. The maximum absolute atomic E-state index is 11.3. The minimum absolute atomic E-state index is 0.259. The Morgan fingerprint density at radius 3 is 2.69 bits per heavy atom. The lowest BCUT2D eigenvalue weighted by Gasteiger charge is -2.02. The first kappa shape index (κ1) is 10.4. The monoisotopic (exact) mass is 218 g/mol. The van der Waals surface area contributed by atoms with Crippen LogP contribution in [-0.2, 0) is 14.3 Å². The molecule has 1 saturated heterocycles. The van der Waals surface area contributed by atoms with Gasteiger partial charge in [0.2, 0.25) is 5.78 Å². The third-order valence-electron chi connectivity index (χ3n) is 2.35. The third kappa shape index (κ3) is 1.69. The lowest BCUT2D eigenvalue weighted by Crippen LogP contribution is -2.05. The van der Waals surface area contributed by atoms with Crippen molar-refractivity contribution < 1.29 is 19.4 Å². The average molecular weight is 218 g/mol. The minimum atomic E-state index is -0.760. The lowest BCUT2D eigenvalue weighted by molar-refractivity contribution is -0.135. The molecule has 0 atom stereocenters. The maximum Gasteiger partial charge on any atom is 0.346 e. The van der Waals surface area contributed by atoms with Crippen LogP contribution in [0.5, 0.6) is 0 Å². The molecule has 0 bridgehead atoms. The van der Waals surface area contributed by atoms with Gasteiger partial charge in [-0.3, -0.25) is 4.79 Å². The Kier molecular flexibility index (Phi) is 2.48. The Morgan fingerprint density at radius 2 is 2.12 bits per heavy atom. The smallest absolute Gasteiger partial charge is 0.346 e. The van der Waals surface area contributed by atoms with Crippen molar-refractivity contribution in [2.24, 2.45) is 0 Å². The predicted molar refractivity (Wildman–Crippen MR) is 56.7 cm³/mol. The molecule has 2 rings (SSSR count). The summed E-state index contributed by atoms with van der Waals surface area (Å²) in [6.07, 6.45) is 0. The fourth-order valence-electron chi connectivity index (χ4n) is 1.55. The van der Waals surface area contributed by atoms with Gasteiger partial charge in [-0.1, -0.05) is 23.8 Å². The average Bonchev–Trinajstić information content (AvgIpc) is 2.58. The molecule has 0 saturated carbocycles. The number of aryl methyl sites for hydroxylation is 1. The number of carbonyl (C=O) groups is 2. The number of ether oxygens (including phenoxy) is 1. The van der Waals surface area contributed by atoms with Gasteiger partial charge >= 0.3 is 5.97 Å². The second-order valence-corrected chi connectivity index (χ2v) is 3.59. The van der Waals surface area contributed by atoms with Crippen LogP contribution in [0.4, 0.5) is 0 Å². The summed E-state index contributed by atoms with van der Waals surface area (Å²) in [5, 5.41) is 9.84. The highest BCUT2D eigenvalue weighted by Crippen LogP contribution is 2.21. The molecule has 1 fully saturated rings. The van der Waals surface area contributed by atoms with Crippen molar-refractivity contribution in [1.82, 2.24) is 0 Å². The van der Waals surface area contributed by atoms with Gasteiger partial charge in [-0.05, 0) is 13.0 Å². The molecule has 1 N–H and O–H groups in total. The van der Waals surface area contributed by atoms with Gasteiger partial charge in [-0.25, -0.2) is 4.79 Å². The third-order valence-corrected chi connectivity index (χ3v) is 2.35. The van der Waals surface area contributed by atoms with E-state index in [0.29, 0.717) is 5.56 Å². The second-order valence-electron chi connectivity index (χ2n) is 3.59. The highest BCUT2D eigenvalue weighted by Gasteiger charge is 2.32. The number of aliphatic hydroxyl groups is 1. The van der Waals surface area contributed by atoms with Crippen LogP contribution in [0.25, 0.3) is 5.76 Å². The van der Waals surface area contributed by atoms with E-state index in [1.807, 2.05) is 13.0 Å². The van der Waals surface area contributed by atoms with Gasteiger partial charge in [0.1, 0.15) is 11.3 Å². The van der Waals surface area contributed by atoms with Gasteiger partial charge in [-0.15, -0.1) is 0 Å². The first-order valence-electron chi connectivity index (χ1n) is 4.80. The number of esters is 1. The molecule has 1 aliphatic rings. The number of cyclic esters (lactones) is 1. The van der Waals surface area contributed by atoms with Gasteiger partial charge in [-0.2, -0.15) is 0 Å². The Bertz CT molecular complexity index is 481. The van der Waals surface area contributed by atoms with Gasteiger partial charge in [0, 0.05) is 5.56 Å². The quantitative estimate of drug-likeness (QED) is 0.335. The molecule has 0 aliphatic carbocycles. The molecule has 0 spiro atoms. The number of aliphatic hydroxyl groups excluding tert-OH is 1. The Hall–Kier alpha value is -2.10. The van der Waals surface area contributed by atoms with Crippen molar-refractivity contribution >= 4 is 17.5 Å². The predicted octanol–water partition coefficient (Wildman–Crippen LogP) is 1.39. The highest BCUT2D eigenvalue weighted by molar-refractivity contribution is 6.25. The van der Waals surface area contributed by atoms with E-state index in [0.717, 1.165) is 5.56 Å². The Balaban J connectivity index is 2.52. The number of rotatable bonds is 1. The second kappa shape index (κ2) is 3.81. The summed E-state index contributed by atoms with van der Waals surface area (Å²) in [7, 11) is 0. The molecule has 0 unspecified atom stereocenters. The maximum atomic E-state index is 11.3. The lowest BCUT2D eigenvalue weighted by atomic mass is 10.0. The minimum Gasteiger partial charge on any atom is -0.506 e. The van der Waals surface area contributed by atoms with Crippen LogP contribution < -0.4 is 0 Å². The van der Waals surface area contributed by atoms with E-state index in [9.17, 15) is 14.7 Å². The molecule has 0 amide bonds. The summed E-state index contributed by atoms with van der Waals surface area (Å²) >= 11 is 0. The van der Waals surface area contributed by atoms with Crippen molar-refractivity contribution in [2.45, 2.75) is 6.92 Å². The molecule has 1 heterocycles. The van der Waals surface area contributed by atoms with E-state index in [1.165, 1.54) is 0 Å². The molecule has 16 heavy (non-hydrogen) atoms. The normalized spacial score (nSPS) is 18.6. The number of hydrogen-bond acceptors (Lipinski definition) is 4. The number of hydrogen-bond donors (Lipinski definition) is 1. The van der Waals surface area contributed by atoms with Crippen LogP contribution >= 0.6 is 0 Å². The zero-order valence-corrected chi connectivity index (χ0v) is 8.69. The molecule has 0 aromatic heterocycles. The molecular formula is C12H10O4. The molecule has 0 radical (unpaired) electrons. The van der Waals surface area contributed by atoms with Crippen molar-refractivity contribution in [2.75, 3.05) is 6.61 Å². The number of ketones is 1. The summed E-state index contributed by atoms with van der Waals surface area (Å²) in [5.74, 6) is -1.55. The molecule has 82 valence electrons. The molecule has 1 aromatic rings. The zero-order chi connectivity index (χ0) is 11.7. The van der Waals surface area contributed by atoms with Gasteiger partial charge in [0.05, 0.1) is 0 Å². The van der Waals surface area contributed by atoms with Crippen LogP contribution in [0, 0.1) is 6.92 Å².